The van der Waals surface area contributed by atoms with Crippen molar-refractivity contribution in [2.45, 2.75) is 12.8 Å². The number of nitrogens with zero attached hydrogens (tertiary/aromatic N) is 1. The Bertz CT molecular complexity index is 442. The number of benzene rings is 1. The molecule has 0 bridgehead atoms. The standard InChI is InChI=1S/C13H16FN3O/c14-11-5-3-10(4-6-11)12(18)2-1-7-15-13-16-8-9-17-13/h3-6H,1-2,7-9H2,(H2,15,16,17). The van der Waals surface area contributed by atoms with Gasteiger partial charge in [0.15, 0.2) is 11.7 Å². The number of Topliss-reactive ketones (excluding diaryl/α,β-unsaturated/α-hetero) is 1. The Morgan fingerprint density at radius 2 is 2.17 bits per heavy atom. The van der Waals surface area contributed by atoms with Gasteiger partial charge in [0.1, 0.15) is 5.82 Å². The highest BCUT2D eigenvalue weighted by molar-refractivity contribution is 5.96. The molecule has 0 aromatic heterocycles. The lowest BCUT2D eigenvalue weighted by Gasteiger charge is -2.05. The van der Waals surface area contributed by atoms with Crippen LogP contribution in [-0.4, -0.2) is 31.4 Å². The van der Waals surface area contributed by atoms with E-state index in [1.165, 1.54) is 24.3 Å². The van der Waals surface area contributed by atoms with Crippen molar-refractivity contribution in [1.82, 2.24) is 10.6 Å². The van der Waals surface area contributed by atoms with Crippen LogP contribution in [-0.2, 0) is 0 Å². The topological polar surface area (TPSA) is 53.5 Å². The molecule has 0 spiro atoms. The zero-order valence-electron chi connectivity index (χ0n) is 10.1. The van der Waals surface area contributed by atoms with Crippen LogP contribution in [0.3, 0.4) is 0 Å². The number of ketones is 1. The van der Waals surface area contributed by atoms with Gasteiger partial charge in [-0.25, -0.2) is 4.39 Å². The molecule has 0 saturated carbocycles. The second kappa shape index (κ2) is 6.14. The molecular formula is C13H16FN3O. The minimum Gasteiger partial charge on any atom is -0.356 e. The molecule has 4 nitrogen and oxygen atoms in total. The Balaban J connectivity index is 1.69. The number of hydrogen-bond donors (Lipinski definition) is 2. The quantitative estimate of drug-likeness (QED) is 0.611. The van der Waals surface area contributed by atoms with E-state index in [2.05, 4.69) is 15.6 Å². The van der Waals surface area contributed by atoms with E-state index < -0.39 is 0 Å². The summed E-state index contributed by atoms with van der Waals surface area (Å²) in [5.41, 5.74) is 0.563. The molecule has 1 heterocycles. The second-order valence-electron chi connectivity index (χ2n) is 4.12. The van der Waals surface area contributed by atoms with Gasteiger partial charge in [0.2, 0.25) is 0 Å². The summed E-state index contributed by atoms with van der Waals surface area (Å²) in [7, 11) is 0. The first-order chi connectivity index (χ1) is 8.75. The average molecular weight is 249 g/mol. The first kappa shape index (κ1) is 12.5. The largest absolute Gasteiger partial charge is 0.356 e. The summed E-state index contributed by atoms with van der Waals surface area (Å²) in [5.74, 6) is 0.529. The smallest absolute Gasteiger partial charge is 0.191 e. The van der Waals surface area contributed by atoms with Gasteiger partial charge in [0.05, 0.1) is 6.54 Å². The van der Waals surface area contributed by atoms with Crippen LogP contribution in [0.25, 0.3) is 0 Å². The Labute approximate surface area is 105 Å². The van der Waals surface area contributed by atoms with Crippen LogP contribution in [0, 0.1) is 5.82 Å². The lowest BCUT2D eigenvalue weighted by molar-refractivity contribution is 0.0980. The monoisotopic (exact) mass is 249 g/mol. The molecule has 96 valence electrons. The third-order valence-electron chi connectivity index (χ3n) is 2.71. The number of carbonyl (C=O) groups is 1. The molecule has 2 N–H and O–H groups in total. The van der Waals surface area contributed by atoms with Crippen LogP contribution >= 0.6 is 0 Å². The van der Waals surface area contributed by atoms with E-state index in [4.69, 9.17) is 0 Å². The van der Waals surface area contributed by atoms with Gasteiger partial charge in [0.25, 0.3) is 0 Å². The first-order valence-corrected chi connectivity index (χ1v) is 6.06. The van der Waals surface area contributed by atoms with Gasteiger partial charge in [-0.05, 0) is 30.7 Å². The van der Waals surface area contributed by atoms with Gasteiger partial charge in [-0.2, -0.15) is 0 Å². The van der Waals surface area contributed by atoms with E-state index in [0.29, 0.717) is 18.5 Å². The molecule has 0 saturated heterocycles. The number of aliphatic imine (C=N–C) groups is 1. The molecule has 0 fully saturated rings. The third kappa shape index (κ3) is 3.55. The number of rotatable bonds is 5. The fraction of sp³-hybridized carbons (Fsp3) is 0.385. The minimum atomic E-state index is -0.321. The van der Waals surface area contributed by atoms with E-state index in [1.54, 1.807) is 0 Å². The number of halogens is 1. The van der Waals surface area contributed by atoms with Crippen molar-refractivity contribution in [3.63, 3.8) is 0 Å². The van der Waals surface area contributed by atoms with Crippen LogP contribution in [0.4, 0.5) is 4.39 Å². The maximum absolute atomic E-state index is 12.7. The normalized spacial score (nSPS) is 13.9. The van der Waals surface area contributed by atoms with Crippen molar-refractivity contribution in [2.24, 2.45) is 4.99 Å². The average Bonchev–Trinajstić information content (AvgIpc) is 2.88. The Hall–Kier alpha value is -1.91. The highest BCUT2D eigenvalue weighted by Gasteiger charge is 2.07. The number of nitrogens with one attached hydrogen (secondary N) is 2. The fourth-order valence-corrected chi connectivity index (χ4v) is 1.75. The first-order valence-electron chi connectivity index (χ1n) is 6.06. The Morgan fingerprint density at radius 1 is 1.39 bits per heavy atom. The summed E-state index contributed by atoms with van der Waals surface area (Å²) in [4.78, 5) is 15.9. The molecule has 1 aromatic carbocycles. The molecule has 1 aromatic rings. The van der Waals surface area contributed by atoms with Gasteiger partial charge in [-0.15, -0.1) is 0 Å². The van der Waals surface area contributed by atoms with Gasteiger partial charge >= 0.3 is 0 Å². The highest BCUT2D eigenvalue weighted by Crippen LogP contribution is 2.06. The van der Waals surface area contributed by atoms with Crippen molar-refractivity contribution >= 4 is 11.7 Å². The summed E-state index contributed by atoms with van der Waals surface area (Å²) >= 11 is 0. The summed E-state index contributed by atoms with van der Waals surface area (Å²) in [6, 6.07) is 5.66. The molecule has 0 unspecified atom stereocenters. The molecule has 0 aliphatic carbocycles. The summed E-state index contributed by atoms with van der Waals surface area (Å²) in [5, 5.41) is 6.22. The zero-order chi connectivity index (χ0) is 12.8. The van der Waals surface area contributed by atoms with E-state index >= 15 is 0 Å². The molecular weight excluding hydrogens is 233 g/mol. The van der Waals surface area contributed by atoms with Crippen molar-refractivity contribution in [1.29, 1.82) is 0 Å². The lowest BCUT2D eigenvalue weighted by atomic mass is 10.1. The predicted octanol–water partition coefficient (Wildman–Crippen LogP) is 1.34. The van der Waals surface area contributed by atoms with Gasteiger partial charge in [-0.3, -0.25) is 9.79 Å². The van der Waals surface area contributed by atoms with Crippen molar-refractivity contribution < 1.29 is 9.18 Å². The number of guanidine groups is 1. The maximum Gasteiger partial charge on any atom is 0.191 e. The lowest BCUT2D eigenvalue weighted by Crippen LogP contribution is -2.34. The van der Waals surface area contributed by atoms with Gasteiger partial charge in [0, 0.05) is 25.1 Å². The zero-order valence-corrected chi connectivity index (χ0v) is 10.1. The van der Waals surface area contributed by atoms with Crippen molar-refractivity contribution in [2.75, 3.05) is 19.6 Å². The molecule has 0 amide bonds. The number of carbonyl (C=O) groups excluding carboxylic acids is 1. The van der Waals surface area contributed by atoms with E-state index in [1.807, 2.05) is 0 Å². The van der Waals surface area contributed by atoms with Gasteiger partial charge in [-0.1, -0.05) is 0 Å². The summed E-state index contributed by atoms with van der Waals surface area (Å²) in [6.45, 7) is 2.38. The van der Waals surface area contributed by atoms with E-state index in [0.717, 1.165) is 25.5 Å². The number of hydrogen-bond acceptors (Lipinski definition) is 4. The molecule has 1 aliphatic heterocycles. The molecule has 0 radical (unpaired) electrons. The summed E-state index contributed by atoms with van der Waals surface area (Å²) < 4.78 is 12.7. The van der Waals surface area contributed by atoms with E-state index in [-0.39, 0.29) is 11.6 Å². The van der Waals surface area contributed by atoms with Crippen LogP contribution in [0.5, 0.6) is 0 Å². The van der Waals surface area contributed by atoms with Gasteiger partial charge < -0.3 is 10.6 Å². The third-order valence-corrected chi connectivity index (χ3v) is 2.71. The Kier molecular flexibility index (Phi) is 4.28. The minimum absolute atomic E-state index is 0.0399. The van der Waals surface area contributed by atoms with Crippen LogP contribution in [0.1, 0.15) is 23.2 Å². The predicted molar refractivity (Wildman–Crippen MR) is 68.3 cm³/mol. The summed E-state index contributed by atoms with van der Waals surface area (Å²) in [6.07, 6.45) is 1.18. The molecule has 18 heavy (non-hydrogen) atoms. The Morgan fingerprint density at radius 3 is 2.83 bits per heavy atom. The SMILES string of the molecule is O=C(CCCNC1=NCCN1)c1ccc(F)cc1. The van der Waals surface area contributed by atoms with E-state index in [9.17, 15) is 9.18 Å². The van der Waals surface area contributed by atoms with Crippen molar-refractivity contribution in [3.8, 4) is 0 Å². The highest BCUT2D eigenvalue weighted by atomic mass is 19.1. The second-order valence-corrected chi connectivity index (χ2v) is 4.12. The van der Waals surface area contributed by atoms with Crippen molar-refractivity contribution in [3.05, 3.63) is 35.6 Å². The molecule has 2 rings (SSSR count). The molecule has 5 heteroatoms. The maximum atomic E-state index is 12.7. The van der Waals surface area contributed by atoms with Crippen LogP contribution in [0.2, 0.25) is 0 Å². The van der Waals surface area contributed by atoms with Crippen LogP contribution in [0.15, 0.2) is 29.3 Å². The molecule has 1 aliphatic rings. The molecule has 0 atom stereocenters. The van der Waals surface area contributed by atoms with Crippen LogP contribution < -0.4 is 10.6 Å². The fourth-order valence-electron chi connectivity index (χ4n) is 1.75.